The van der Waals surface area contributed by atoms with Gasteiger partial charge < -0.3 is 5.73 Å². The van der Waals surface area contributed by atoms with Crippen molar-refractivity contribution in [3.63, 3.8) is 0 Å². The fraction of sp³-hybridized carbons (Fsp3) is 0. The maximum atomic E-state index is 5.53. The minimum atomic E-state index is 0.513. The van der Waals surface area contributed by atoms with Gasteiger partial charge in [-0.05, 0) is 11.4 Å². The van der Waals surface area contributed by atoms with E-state index in [-0.39, 0.29) is 0 Å². The smallest absolute Gasteiger partial charge is 0.154 e. The predicted molar refractivity (Wildman–Crippen MR) is 41.8 cm³/mol. The second kappa shape index (κ2) is 1.91. The topological polar surface area (TPSA) is 51.8 Å². The summed E-state index contributed by atoms with van der Waals surface area (Å²) < 4.78 is 1.09. The fourth-order valence-electron chi connectivity index (χ4n) is 0.830. The van der Waals surface area contributed by atoms with Crippen LogP contribution in [0.15, 0.2) is 17.6 Å². The zero-order valence-electron chi connectivity index (χ0n) is 5.11. The van der Waals surface area contributed by atoms with E-state index in [4.69, 9.17) is 5.73 Å². The first-order valence-corrected chi connectivity index (χ1v) is 3.70. The molecule has 0 fully saturated rings. The van der Waals surface area contributed by atoms with E-state index >= 15 is 0 Å². The molecule has 0 amide bonds. The lowest BCUT2D eigenvalue weighted by Gasteiger charge is -1.89. The van der Waals surface area contributed by atoms with Crippen LogP contribution in [-0.4, -0.2) is 10.2 Å². The molecule has 2 rings (SSSR count). The molecular formula is C6H5N3S. The average molecular weight is 151 g/mol. The maximum Gasteiger partial charge on any atom is 0.154 e. The highest BCUT2D eigenvalue weighted by atomic mass is 32.1. The third-order valence-electron chi connectivity index (χ3n) is 1.31. The lowest BCUT2D eigenvalue weighted by Crippen LogP contribution is -1.90. The van der Waals surface area contributed by atoms with Crippen molar-refractivity contribution >= 4 is 27.2 Å². The van der Waals surface area contributed by atoms with Crippen molar-refractivity contribution in [2.45, 2.75) is 0 Å². The fourth-order valence-corrected chi connectivity index (χ4v) is 1.59. The Labute approximate surface area is 61.5 Å². The number of thiophene rings is 1. The van der Waals surface area contributed by atoms with Crippen LogP contribution in [0.25, 0.3) is 10.1 Å². The van der Waals surface area contributed by atoms with Crippen LogP contribution in [0.2, 0.25) is 0 Å². The molecule has 50 valence electrons. The molecule has 2 heterocycles. The van der Waals surface area contributed by atoms with Crippen molar-refractivity contribution in [3.05, 3.63) is 17.6 Å². The normalized spacial score (nSPS) is 10.4. The van der Waals surface area contributed by atoms with Gasteiger partial charge in [-0.3, -0.25) is 0 Å². The Morgan fingerprint density at radius 2 is 2.40 bits per heavy atom. The molecule has 0 saturated heterocycles. The van der Waals surface area contributed by atoms with Crippen molar-refractivity contribution < 1.29 is 0 Å². The van der Waals surface area contributed by atoms with Crippen LogP contribution in [-0.2, 0) is 0 Å². The molecule has 4 heteroatoms. The van der Waals surface area contributed by atoms with Crippen LogP contribution in [0.5, 0.6) is 0 Å². The molecule has 0 spiro atoms. The number of aromatic nitrogens is 2. The van der Waals surface area contributed by atoms with Gasteiger partial charge in [0.1, 0.15) is 0 Å². The number of rotatable bonds is 0. The summed E-state index contributed by atoms with van der Waals surface area (Å²) in [6, 6.07) is 1.95. The van der Waals surface area contributed by atoms with Crippen LogP contribution in [0, 0.1) is 0 Å². The van der Waals surface area contributed by atoms with Crippen molar-refractivity contribution in [1.29, 1.82) is 0 Å². The number of hydrogen-bond donors (Lipinski definition) is 1. The third-order valence-corrected chi connectivity index (χ3v) is 2.16. The number of hydrogen-bond acceptors (Lipinski definition) is 4. The largest absolute Gasteiger partial charge is 0.382 e. The molecule has 0 aromatic carbocycles. The summed E-state index contributed by atoms with van der Waals surface area (Å²) in [5, 5.41) is 10.4. The van der Waals surface area contributed by atoms with Crippen molar-refractivity contribution in [3.8, 4) is 0 Å². The molecule has 10 heavy (non-hydrogen) atoms. The van der Waals surface area contributed by atoms with Gasteiger partial charge >= 0.3 is 0 Å². The highest BCUT2D eigenvalue weighted by molar-refractivity contribution is 7.17. The van der Waals surface area contributed by atoms with Crippen LogP contribution >= 0.6 is 11.3 Å². The summed E-state index contributed by atoms with van der Waals surface area (Å²) in [5.41, 5.74) is 5.53. The molecule has 0 aliphatic rings. The van der Waals surface area contributed by atoms with Gasteiger partial charge in [0.25, 0.3) is 0 Å². The van der Waals surface area contributed by atoms with E-state index in [9.17, 15) is 0 Å². The van der Waals surface area contributed by atoms with Crippen molar-refractivity contribution in [1.82, 2.24) is 10.2 Å². The molecule has 2 aromatic rings. The summed E-state index contributed by atoms with van der Waals surface area (Å²) in [4.78, 5) is 0. The molecular weight excluding hydrogens is 146 g/mol. The number of nitrogens with two attached hydrogens (primary N) is 1. The zero-order chi connectivity index (χ0) is 6.97. The maximum absolute atomic E-state index is 5.53. The van der Waals surface area contributed by atoms with E-state index in [1.807, 2.05) is 11.4 Å². The first kappa shape index (κ1) is 5.61. The van der Waals surface area contributed by atoms with Gasteiger partial charge in [-0.1, -0.05) is 0 Å². The minimum Gasteiger partial charge on any atom is -0.382 e. The molecule has 0 aliphatic carbocycles. The molecule has 3 nitrogen and oxygen atoms in total. The van der Waals surface area contributed by atoms with E-state index in [0.29, 0.717) is 5.82 Å². The molecule has 0 saturated carbocycles. The van der Waals surface area contributed by atoms with Crippen LogP contribution in [0.3, 0.4) is 0 Å². The van der Waals surface area contributed by atoms with Gasteiger partial charge in [0.15, 0.2) is 5.82 Å². The first-order chi connectivity index (χ1) is 4.88. The summed E-state index contributed by atoms with van der Waals surface area (Å²) >= 11 is 1.62. The van der Waals surface area contributed by atoms with Gasteiger partial charge in [0.2, 0.25) is 0 Å². The monoisotopic (exact) mass is 151 g/mol. The molecule has 2 aromatic heterocycles. The molecule has 0 bridgehead atoms. The molecule has 0 unspecified atom stereocenters. The summed E-state index contributed by atoms with van der Waals surface area (Å²) in [7, 11) is 0. The highest BCUT2D eigenvalue weighted by Crippen LogP contribution is 2.22. The summed E-state index contributed by atoms with van der Waals surface area (Å²) in [5.74, 6) is 0.513. The number of nitrogens with zero attached hydrogens (tertiary/aromatic N) is 2. The average Bonchev–Trinajstić information content (AvgIpc) is 2.36. The van der Waals surface area contributed by atoms with Crippen LogP contribution < -0.4 is 5.73 Å². The van der Waals surface area contributed by atoms with Gasteiger partial charge in [0, 0.05) is 5.39 Å². The highest BCUT2D eigenvalue weighted by Gasteiger charge is 1.97. The minimum absolute atomic E-state index is 0.513. The lowest BCUT2D eigenvalue weighted by atomic mass is 10.3. The SMILES string of the molecule is Nc1nncc2sccc12. The third kappa shape index (κ3) is 0.657. The van der Waals surface area contributed by atoms with E-state index in [2.05, 4.69) is 10.2 Å². The van der Waals surface area contributed by atoms with E-state index in [1.165, 1.54) is 0 Å². The lowest BCUT2D eigenvalue weighted by molar-refractivity contribution is 1.06. The molecule has 0 aliphatic heterocycles. The van der Waals surface area contributed by atoms with Gasteiger partial charge in [0.05, 0.1) is 10.9 Å². The van der Waals surface area contributed by atoms with Crippen LogP contribution in [0.1, 0.15) is 0 Å². The number of nitrogen functional groups attached to an aromatic ring is 1. The standard InChI is InChI=1S/C6H5N3S/c7-6-4-1-2-10-5(4)3-8-9-6/h1-3H,(H2,7,9). The Morgan fingerprint density at radius 1 is 1.50 bits per heavy atom. The van der Waals surface area contributed by atoms with Crippen molar-refractivity contribution in [2.24, 2.45) is 0 Å². The number of anilines is 1. The Hall–Kier alpha value is -1.16. The Balaban J connectivity index is 2.95. The van der Waals surface area contributed by atoms with E-state index in [0.717, 1.165) is 10.1 Å². The second-order valence-electron chi connectivity index (χ2n) is 1.93. The predicted octanol–water partition coefficient (Wildman–Crippen LogP) is 1.27. The van der Waals surface area contributed by atoms with Gasteiger partial charge in [-0.2, -0.15) is 5.10 Å². The molecule has 0 radical (unpaired) electrons. The van der Waals surface area contributed by atoms with E-state index < -0.39 is 0 Å². The molecule has 2 N–H and O–H groups in total. The Bertz CT molecular complexity index is 355. The summed E-state index contributed by atoms with van der Waals surface area (Å²) in [6.07, 6.45) is 1.72. The quantitative estimate of drug-likeness (QED) is 0.617. The first-order valence-electron chi connectivity index (χ1n) is 2.82. The Kier molecular flexibility index (Phi) is 1.07. The van der Waals surface area contributed by atoms with Crippen molar-refractivity contribution in [2.75, 3.05) is 5.73 Å². The zero-order valence-corrected chi connectivity index (χ0v) is 5.93. The summed E-state index contributed by atoms with van der Waals surface area (Å²) in [6.45, 7) is 0. The van der Waals surface area contributed by atoms with Gasteiger partial charge in [-0.15, -0.1) is 16.4 Å². The van der Waals surface area contributed by atoms with Crippen LogP contribution in [0.4, 0.5) is 5.82 Å². The molecule has 0 atom stereocenters. The second-order valence-corrected chi connectivity index (χ2v) is 2.88. The Morgan fingerprint density at radius 3 is 3.20 bits per heavy atom. The number of fused-ring (bicyclic) bond motifs is 1. The van der Waals surface area contributed by atoms with E-state index in [1.54, 1.807) is 17.5 Å². The van der Waals surface area contributed by atoms with Gasteiger partial charge in [-0.25, -0.2) is 0 Å².